The lowest BCUT2D eigenvalue weighted by Crippen LogP contribution is -2.33. The summed E-state index contributed by atoms with van der Waals surface area (Å²) in [6.07, 6.45) is -2.05. The molecule has 1 heterocycles. The smallest absolute Gasteiger partial charge is 0.356 e. The van der Waals surface area contributed by atoms with E-state index in [4.69, 9.17) is 5.73 Å². The molecule has 0 aliphatic rings. The van der Waals surface area contributed by atoms with Crippen molar-refractivity contribution in [2.45, 2.75) is 12.2 Å². The zero-order valence-electron chi connectivity index (χ0n) is 9.03. The second-order valence-electron chi connectivity index (χ2n) is 3.26. The van der Waals surface area contributed by atoms with Crippen molar-refractivity contribution in [2.24, 2.45) is 5.73 Å². The molecule has 2 unspecified atom stereocenters. The van der Waals surface area contributed by atoms with Crippen LogP contribution in [0.15, 0.2) is 18.3 Å². The molecular weight excluding hydrogens is 228 g/mol. The quantitative estimate of drug-likeness (QED) is 0.565. The van der Waals surface area contributed by atoms with Crippen molar-refractivity contribution in [3.63, 3.8) is 0 Å². The minimum absolute atomic E-state index is 0.0528. The van der Waals surface area contributed by atoms with Gasteiger partial charge in [0.15, 0.2) is 6.10 Å². The third-order valence-corrected chi connectivity index (χ3v) is 2.11. The highest BCUT2D eigenvalue weighted by molar-refractivity contribution is 5.87. The number of aliphatic hydroxyl groups excluding tert-OH is 2. The Morgan fingerprint density at radius 3 is 2.47 bits per heavy atom. The second kappa shape index (κ2) is 5.37. The van der Waals surface area contributed by atoms with E-state index >= 15 is 0 Å². The summed E-state index contributed by atoms with van der Waals surface area (Å²) in [5, 5.41) is 18.8. The summed E-state index contributed by atoms with van der Waals surface area (Å²) >= 11 is 0. The van der Waals surface area contributed by atoms with Crippen molar-refractivity contribution in [2.75, 3.05) is 7.11 Å². The van der Waals surface area contributed by atoms with E-state index in [0.29, 0.717) is 0 Å². The molecule has 0 aliphatic carbocycles. The summed E-state index contributed by atoms with van der Waals surface area (Å²) in [6.45, 7) is 0. The summed E-state index contributed by atoms with van der Waals surface area (Å²) in [7, 11) is 1.21. The molecule has 0 aromatic carbocycles. The molecule has 0 radical (unpaired) electrons. The van der Waals surface area contributed by atoms with E-state index < -0.39 is 24.1 Å². The summed E-state index contributed by atoms with van der Waals surface area (Å²) < 4.78 is 4.43. The van der Waals surface area contributed by atoms with Crippen molar-refractivity contribution in [1.29, 1.82) is 0 Å². The Balaban J connectivity index is 2.87. The first kappa shape index (κ1) is 13.1. The summed E-state index contributed by atoms with van der Waals surface area (Å²) in [5.74, 6) is -1.67. The molecule has 1 rings (SSSR count). The number of carbonyl (C=O) groups excluding carboxylic acids is 2. The highest BCUT2D eigenvalue weighted by Gasteiger charge is 2.23. The maximum Gasteiger partial charge on any atom is 0.356 e. The molecule has 92 valence electrons. The largest absolute Gasteiger partial charge is 0.464 e. The number of nitrogens with two attached hydrogens (primary N) is 1. The van der Waals surface area contributed by atoms with Crippen LogP contribution in [0.5, 0.6) is 0 Å². The van der Waals surface area contributed by atoms with Crippen LogP contribution in [0.3, 0.4) is 0 Å². The molecule has 0 bridgehead atoms. The average molecular weight is 240 g/mol. The van der Waals surface area contributed by atoms with Crippen molar-refractivity contribution in [3.8, 4) is 0 Å². The lowest BCUT2D eigenvalue weighted by atomic mass is 10.1. The Hall–Kier alpha value is -1.99. The zero-order chi connectivity index (χ0) is 13.0. The van der Waals surface area contributed by atoms with E-state index in [9.17, 15) is 19.8 Å². The van der Waals surface area contributed by atoms with Gasteiger partial charge in [-0.1, -0.05) is 6.07 Å². The average Bonchev–Trinajstić information content (AvgIpc) is 2.36. The predicted molar refractivity (Wildman–Crippen MR) is 55.7 cm³/mol. The van der Waals surface area contributed by atoms with Gasteiger partial charge < -0.3 is 20.7 Å². The molecule has 1 amide bonds. The van der Waals surface area contributed by atoms with Gasteiger partial charge in [-0.3, -0.25) is 4.79 Å². The number of nitrogens with zero attached hydrogens (tertiary/aromatic N) is 1. The van der Waals surface area contributed by atoms with Crippen molar-refractivity contribution < 1.29 is 24.5 Å². The minimum atomic E-state index is -1.72. The van der Waals surface area contributed by atoms with Gasteiger partial charge in [0, 0.05) is 11.8 Å². The standard InChI is InChI=1S/C10H12N2O5/c1-17-10(16)6-3-2-5(4-12-6)7(13)8(14)9(11)15/h2-4,7-8,13-14H,1H3,(H2,11,15). The van der Waals surface area contributed by atoms with Crippen molar-refractivity contribution >= 4 is 11.9 Å². The second-order valence-corrected chi connectivity index (χ2v) is 3.26. The van der Waals surface area contributed by atoms with Crippen LogP contribution in [-0.2, 0) is 9.53 Å². The number of aromatic nitrogens is 1. The van der Waals surface area contributed by atoms with Crippen molar-refractivity contribution in [3.05, 3.63) is 29.6 Å². The Morgan fingerprint density at radius 1 is 1.41 bits per heavy atom. The summed E-state index contributed by atoms with van der Waals surface area (Å²) in [4.78, 5) is 25.4. The number of aliphatic hydroxyl groups is 2. The fourth-order valence-electron chi connectivity index (χ4n) is 1.14. The van der Waals surface area contributed by atoms with Crippen LogP contribution in [0.1, 0.15) is 22.2 Å². The molecule has 0 saturated heterocycles. The van der Waals surface area contributed by atoms with Crippen LogP contribution in [0.25, 0.3) is 0 Å². The molecule has 0 spiro atoms. The predicted octanol–water partition coefficient (Wildman–Crippen LogP) is -1.25. The van der Waals surface area contributed by atoms with E-state index in [2.05, 4.69) is 9.72 Å². The van der Waals surface area contributed by atoms with E-state index in [0.717, 1.165) is 6.20 Å². The van der Waals surface area contributed by atoms with Gasteiger partial charge in [-0.25, -0.2) is 9.78 Å². The lowest BCUT2D eigenvalue weighted by molar-refractivity contribution is -0.131. The molecule has 1 aromatic heterocycles. The van der Waals surface area contributed by atoms with Gasteiger partial charge in [-0.15, -0.1) is 0 Å². The highest BCUT2D eigenvalue weighted by Crippen LogP contribution is 2.16. The minimum Gasteiger partial charge on any atom is -0.464 e. The maximum absolute atomic E-state index is 11.1. The zero-order valence-corrected chi connectivity index (χ0v) is 9.03. The molecule has 17 heavy (non-hydrogen) atoms. The van der Waals surface area contributed by atoms with Gasteiger partial charge >= 0.3 is 5.97 Å². The molecule has 4 N–H and O–H groups in total. The Kier molecular flexibility index (Phi) is 4.13. The number of primary amides is 1. The van der Waals surface area contributed by atoms with Crippen LogP contribution in [0.2, 0.25) is 0 Å². The normalized spacial score (nSPS) is 13.8. The maximum atomic E-state index is 11.1. The topological polar surface area (TPSA) is 123 Å². The molecule has 0 fully saturated rings. The lowest BCUT2D eigenvalue weighted by Gasteiger charge is -2.14. The third kappa shape index (κ3) is 2.99. The van der Waals surface area contributed by atoms with E-state index in [1.165, 1.54) is 19.2 Å². The SMILES string of the molecule is COC(=O)c1ccc(C(O)C(O)C(N)=O)cn1. The highest BCUT2D eigenvalue weighted by atomic mass is 16.5. The van der Waals surface area contributed by atoms with Crippen LogP contribution in [0, 0.1) is 0 Å². The van der Waals surface area contributed by atoms with Crippen LogP contribution < -0.4 is 5.73 Å². The molecule has 7 heteroatoms. The number of pyridine rings is 1. The first-order chi connectivity index (χ1) is 7.97. The van der Waals surface area contributed by atoms with Gasteiger partial charge in [-0.2, -0.15) is 0 Å². The number of methoxy groups -OCH3 is 1. The Bertz CT molecular complexity index is 417. The fourth-order valence-corrected chi connectivity index (χ4v) is 1.14. The number of ether oxygens (including phenoxy) is 1. The Morgan fingerprint density at radius 2 is 2.06 bits per heavy atom. The van der Waals surface area contributed by atoms with Gasteiger partial charge in [0.2, 0.25) is 5.91 Å². The van der Waals surface area contributed by atoms with Crippen molar-refractivity contribution in [1.82, 2.24) is 4.98 Å². The third-order valence-electron chi connectivity index (χ3n) is 2.11. The van der Waals surface area contributed by atoms with Crippen LogP contribution >= 0.6 is 0 Å². The first-order valence-electron chi connectivity index (χ1n) is 4.67. The number of rotatable bonds is 4. The fraction of sp³-hybridized carbons (Fsp3) is 0.300. The molecule has 0 aliphatic heterocycles. The Labute approximate surface area is 96.8 Å². The number of hydrogen-bond acceptors (Lipinski definition) is 6. The first-order valence-corrected chi connectivity index (χ1v) is 4.67. The molecule has 1 aromatic rings. The van der Waals surface area contributed by atoms with E-state index in [-0.39, 0.29) is 11.3 Å². The number of esters is 1. The molecular formula is C10H12N2O5. The number of amides is 1. The van der Waals surface area contributed by atoms with Gasteiger partial charge in [-0.05, 0) is 6.07 Å². The van der Waals surface area contributed by atoms with E-state index in [1.807, 2.05) is 0 Å². The number of hydrogen-bond donors (Lipinski definition) is 3. The monoisotopic (exact) mass is 240 g/mol. The van der Waals surface area contributed by atoms with E-state index in [1.54, 1.807) is 0 Å². The number of carbonyl (C=O) groups is 2. The van der Waals surface area contributed by atoms with Gasteiger partial charge in [0.25, 0.3) is 0 Å². The molecule has 7 nitrogen and oxygen atoms in total. The molecule has 0 saturated carbocycles. The van der Waals surface area contributed by atoms with Gasteiger partial charge in [0.05, 0.1) is 7.11 Å². The molecule has 2 atom stereocenters. The summed E-state index contributed by atoms with van der Waals surface area (Å²) in [5.41, 5.74) is 5.05. The van der Waals surface area contributed by atoms with Crippen LogP contribution in [0.4, 0.5) is 0 Å². The summed E-state index contributed by atoms with van der Waals surface area (Å²) in [6, 6.07) is 2.65. The van der Waals surface area contributed by atoms with Crippen LogP contribution in [-0.4, -0.2) is 40.3 Å². The van der Waals surface area contributed by atoms with Gasteiger partial charge in [0.1, 0.15) is 11.8 Å².